The molecule has 2 aromatic rings. The predicted molar refractivity (Wildman–Crippen MR) is 115 cm³/mol. The van der Waals surface area contributed by atoms with Gasteiger partial charge in [-0.15, -0.1) is 11.8 Å². The van der Waals surface area contributed by atoms with E-state index < -0.39 is 0 Å². The van der Waals surface area contributed by atoms with Crippen molar-refractivity contribution in [3.05, 3.63) is 46.7 Å². The predicted octanol–water partition coefficient (Wildman–Crippen LogP) is 3.04. The Hall–Kier alpha value is -2.03. The first kappa shape index (κ1) is 21.7. The van der Waals surface area contributed by atoms with Gasteiger partial charge in [-0.3, -0.25) is 14.5 Å². The molecule has 0 aliphatic carbocycles. The summed E-state index contributed by atoms with van der Waals surface area (Å²) in [5.74, 6) is 1.41. The lowest BCUT2D eigenvalue weighted by Crippen LogP contribution is -2.36. The normalized spacial score (nSPS) is 15.2. The van der Waals surface area contributed by atoms with E-state index in [0.717, 1.165) is 37.6 Å². The number of nitrogens with one attached hydrogen (secondary N) is 1. The first-order chi connectivity index (χ1) is 14.0. The number of hydrogen-bond donors (Lipinski definition) is 1. The van der Waals surface area contributed by atoms with E-state index in [2.05, 4.69) is 15.4 Å². The van der Waals surface area contributed by atoms with Crippen LogP contribution in [0, 0.1) is 6.92 Å². The minimum Gasteiger partial charge on any atom is -0.360 e. The first-order valence-electron chi connectivity index (χ1n) is 9.55. The second kappa shape index (κ2) is 10.7. The van der Waals surface area contributed by atoms with Gasteiger partial charge in [0, 0.05) is 43.8 Å². The molecule has 1 aromatic carbocycles. The summed E-state index contributed by atoms with van der Waals surface area (Å²) in [6.07, 6.45) is 0.940. The first-order valence-corrected chi connectivity index (χ1v) is 11.1. The van der Waals surface area contributed by atoms with E-state index in [4.69, 9.17) is 16.1 Å². The van der Waals surface area contributed by atoms with Crippen molar-refractivity contribution in [1.29, 1.82) is 0 Å². The molecule has 1 aliphatic heterocycles. The Morgan fingerprint density at radius 3 is 2.69 bits per heavy atom. The quantitative estimate of drug-likeness (QED) is 0.718. The third-order valence-corrected chi connectivity index (χ3v) is 5.78. The van der Waals surface area contributed by atoms with Gasteiger partial charge in [-0.05, 0) is 31.0 Å². The van der Waals surface area contributed by atoms with Crippen LogP contribution in [0.5, 0.6) is 0 Å². The third-order valence-electron chi connectivity index (χ3n) is 4.61. The Bertz CT molecular complexity index is 827. The zero-order chi connectivity index (χ0) is 20.6. The Balaban J connectivity index is 1.37. The lowest BCUT2D eigenvalue weighted by atomic mass is 10.2. The molecule has 9 heteroatoms. The minimum atomic E-state index is -0.193. The van der Waals surface area contributed by atoms with Crippen molar-refractivity contribution >= 4 is 41.0 Å². The van der Waals surface area contributed by atoms with Crippen molar-refractivity contribution in [3.8, 4) is 0 Å². The highest BCUT2D eigenvalue weighted by molar-refractivity contribution is 8.00. The summed E-state index contributed by atoms with van der Waals surface area (Å²) in [4.78, 5) is 28.7. The SMILES string of the molecule is Cc1cc(NC(=O)CSCC(=O)N2CCCN(Cc3ccc(Cl)cc3)CC2)no1. The van der Waals surface area contributed by atoms with E-state index in [1.54, 1.807) is 13.0 Å². The van der Waals surface area contributed by atoms with Crippen LogP contribution in [0.2, 0.25) is 5.02 Å². The van der Waals surface area contributed by atoms with Crippen LogP contribution < -0.4 is 5.32 Å². The Kier molecular flexibility index (Phi) is 7.97. The summed E-state index contributed by atoms with van der Waals surface area (Å²) in [6, 6.07) is 9.54. The molecule has 0 spiro atoms. The summed E-state index contributed by atoms with van der Waals surface area (Å²) in [5, 5.41) is 7.12. The van der Waals surface area contributed by atoms with Crippen molar-refractivity contribution in [3.63, 3.8) is 0 Å². The number of rotatable bonds is 7. The average Bonchev–Trinajstić information content (AvgIpc) is 2.96. The molecule has 3 rings (SSSR count). The van der Waals surface area contributed by atoms with Crippen LogP contribution >= 0.6 is 23.4 Å². The largest absolute Gasteiger partial charge is 0.360 e. The van der Waals surface area contributed by atoms with Crippen LogP contribution in [-0.4, -0.2) is 64.5 Å². The second-order valence-corrected chi connectivity index (χ2v) is 8.42. The highest BCUT2D eigenvalue weighted by atomic mass is 35.5. The Morgan fingerprint density at radius 2 is 1.97 bits per heavy atom. The number of carbonyl (C=O) groups is 2. The lowest BCUT2D eigenvalue weighted by Gasteiger charge is -2.22. The number of benzene rings is 1. The van der Waals surface area contributed by atoms with Gasteiger partial charge in [-0.1, -0.05) is 28.9 Å². The maximum Gasteiger partial charge on any atom is 0.235 e. The van der Waals surface area contributed by atoms with Crippen molar-refractivity contribution < 1.29 is 14.1 Å². The molecule has 29 heavy (non-hydrogen) atoms. The minimum absolute atomic E-state index is 0.0772. The van der Waals surface area contributed by atoms with Gasteiger partial charge in [-0.2, -0.15) is 0 Å². The molecule has 1 aromatic heterocycles. The van der Waals surface area contributed by atoms with Gasteiger partial charge in [0.05, 0.1) is 11.5 Å². The van der Waals surface area contributed by atoms with Crippen molar-refractivity contribution in [1.82, 2.24) is 15.0 Å². The summed E-state index contributed by atoms with van der Waals surface area (Å²) < 4.78 is 4.91. The molecular weight excluding hydrogens is 412 g/mol. The highest BCUT2D eigenvalue weighted by Gasteiger charge is 2.19. The molecule has 1 N–H and O–H groups in total. The number of aryl methyl sites for hydroxylation is 1. The van der Waals surface area contributed by atoms with Gasteiger partial charge in [0.2, 0.25) is 11.8 Å². The van der Waals surface area contributed by atoms with Gasteiger partial charge < -0.3 is 14.7 Å². The maximum atomic E-state index is 12.5. The fraction of sp³-hybridized carbons (Fsp3) is 0.450. The fourth-order valence-corrected chi connectivity index (χ4v) is 4.00. The van der Waals surface area contributed by atoms with Crippen LogP contribution in [0.15, 0.2) is 34.9 Å². The lowest BCUT2D eigenvalue weighted by molar-refractivity contribution is -0.128. The van der Waals surface area contributed by atoms with Crippen molar-refractivity contribution in [2.24, 2.45) is 0 Å². The van der Waals surface area contributed by atoms with E-state index in [1.165, 1.54) is 17.3 Å². The Labute approximate surface area is 179 Å². The molecule has 7 nitrogen and oxygen atoms in total. The molecule has 2 heterocycles. The molecule has 0 atom stereocenters. The van der Waals surface area contributed by atoms with Crippen LogP contribution in [0.4, 0.5) is 5.82 Å². The van der Waals surface area contributed by atoms with E-state index >= 15 is 0 Å². The molecule has 0 bridgehead atoms. The molecule has 1 saturated heterocycles. The highest BCUT2D eigenvalue weighted by Crippen LogP contribution is 2.14. The smallest absolute Gasteiger partial charge is 0.235 e. The molecule has 156 valence electrons. The molecule has 0 radical (unpaired) electrons. The number of anilines is 1. The number of carbonyl (C=O) groups excluding carboxylic acids is 2. The fourth-order valence-electron chi connectivity index (χ4n) is 3.15. The maximum absolute atomic E-state index is 12.5. The number of hydrogen-bond acceptors (Lipinski definition) is 6. The molecule has 0 unspecified atom stereocenters. The Morgan fingerprint density at radius 1 is 1.17 bits per heavy atom. The van der Waals surface area contributed by atoms with Crippen molar-refractivity contribution in [2.45, 2.75) is 19.9 Å². The molecular formula is C20H25ClN4O3S. The summed E-state index contributed by atoms with van der Waals surface area (Å²) in [7, 11) is 0. The van der Waals surface area contributed by atoms with Gasteiger partial charge in [0.15, 0.2) is 5.82 Å². The average molecular weight is 437 g/mol. The number of thioether (sulfide) groups is 1. The van der Waals surface area contributed by atoms with Gasteiger partial charge >= 0.3 is 0 Å². The zero-order valence-corrected chi connectivity index (χ0v) is 18.0. The van der Waals surface area contributed by atoms with Gasteiger partial charge in [-0.25, -0.2) is 0 Å². The van der Waals surface area contributed by atoms with Crippen LogP contribution in [0.1, 0.15) is 17.7 Å². The van der Waals surface area contributed by atoms with E-state index in [1.807, 2.05) is 29.2 Å². The number of halogens is 1. The summed E-state index contributed by atoms with van der Waals surface area (Å²) in [5.41, 5.74) is 1.22. The standard InChI is InChI=1S/C20H25ClN4O3S/c1-15-11-18(23-28-15)22-19(26)13-29-14-20(27)25-8-2-7-24(9-10-25)12-16-3-5-17(21)6-4-16/h3-6,11H,2,7-10,12-14H2,1H3,(H,22,23,26). The van der Waals surface area contributed by atoms with Crippen LogP contribution in [0.25, 0.3) is 0 Å². The zero-order valence-electron chi connectivity index (χ0n) is 16.4. The monoisotopic (exact) mass is 436 g/mol. The topological polar surface area (TPSA) is 78.7 Å². The van der Waals surface area contributed by atoms with Crippen molar-refractivity contribution in [2.75, 3.05) is 43.0 Å². The van der Waals surface area contributed by atoms with E-state index in [-0.39, 0.29) is 17.6 Å². The molecule has 1 fully saturated rings. The van der Waals surface area contributed by atoms with Gasteiger partial charge in [0.1, 0.15) is 5.76 Å². The van der Waals surface area contributed by atoms with Crippen LogP contribution in [0.3, 0.4) is 0 Å². The van der Waals surface area contributed by atoms with Gasteiger partial charge in [0.25, 0.3) is 0 Å². The van der Waals surface area contributed by atoms with Crippen LogP contribution in [-0.2, 0) is 16.1 Å². The third kappa shape index (κ3) is 7.06. The second-order valence-electron chi connectivity index (χ2n) is 7.00. The summed E-state index contributed by atoms with van der Waals surface area (Å²) in [6.45, 7) is 5.87. The van der Waals surface area contributed by atoms with E-state index in [0.29, 0.717) is 23.9 Å². The number of amides is 2. The molecule has 1 aliphatic rings. The number of nitrogens with zero attached hydrogens (tertiary/aromatic N) is 3. The summed E-state index contributed by atoms with van der Waals surface area (Å²) >= 11 is 7.26. The molecule has 2 amide bonds. The van der Waals surface area contributed by atoms with E-state index in [9.17, 15) is 9.59 Å². The molecule has 0 saturated carbocycles. The number of aromatic nitrogens is 1.